The van der Waals surface area contributed by atoms with E-state index < -0.39 is 5.97 Å². The van der Waals surface area contributed by atoms with Gasteiger partial charge in [0.2, 0.25) is 0 Å². The van der Waals surface area contributed by atoms with Crippen LogP contribution in [0.2, 0.25) is 0 Å². The fourth-order valence-corrected chi connectivity index (χ4v) is 2.71. The summed E-state index contributed by atoms with van der Waals surface area (Å²) in [5.74, 6) is -0.778. The average Bonchev–Trinajstić information content (AvgIpc) is 2.69. The zero-order valence-corrected chi connectivity index (χ0v) is 15.1. The van der Waals surface area contributed by atoms with Crippen LogP contribution in [0.3, 0.4) is 0 Å². The van der Waals surface area contributed by atoms with Crippen molar-refractivity contribution in [2.75, 3.05) is 11.9 Å². The van der Waals surface area contributed by atoms with E-state index in [1.54, 1.807) is 0 Å². The molecule has 0 aliphatic heterocycles. The minimum Gasteiger partial charge on any atom is -0.455 e. The standard InChI is InChI=1S/C23H21NO3/c1-17-7-5-6-10-21(17)24-22(25)16-27-23(26)15-18-11-13-20(14-12-18)19-8-3-2-4-9-19/h2-14H,15-16H2,1H3,(H,24,25). The molecule has 3 aromatic carbocycles. The Kier molecular flexibility index (Phi) is 6.00. The van der Waals surface area contributed by atoms with Crippen molar-refractivity contribution < 1.29 is 14.3 Å². The van der Waals surface area contributed by atoms with Crippen LogP contribution in [0.15, 0.2) is 78.9 Å². The monoisotopic (exact) mass is 359 g/mol. The van der Waals surface area contributed by atoms with Gasteiger partial charge < -0.3 is 10.1 Å². The number of carbonyl (C=O) groups excluding carboxylic acids is 2. The zero-order chi connectivity index (χ0) is 19.1. The van der Waals surface area contributed by atoms with Crippen LogP contribution in [-0.2, 0) is 20.7 Å². The first-order valence-corrected chi connectivity index (χ1v) is 8.77. The van der Waals surface area contributed by atoms with E-state index in [1.807, 2.05) is 85.8 Å². The van der Waals surface area contributed by atoms with Gasteiger partial charge in [0, 0.05) is 5.69 Å². The van der Waals surface area contributed by atoms with Crippen LogP contribution in [0, 0.1) is 6.92 Å². The molecule has 27 heavy (non-hydrogen) atoms. The molecule has 4 heteroatoms. The SMILES string of the molecule is Cc1ccccc1NC(=O)COC(=O)Cc1ccc(-c2ccccc2)cc1. The molecule has 0 spiro atoms. The van der Waals surface area contributed by atoms with Crippen LogP contribution in [0.1, 0.15) is 11.1 Å². The van der Waals surface area contributed by atoms with Crippen molar-refractivity contribution in [3.8, 4) is 11.1 Å². The van der Waals surface area contributed by atoms with Gasteiger partial charge in [-0.3, -0.25) is 9.59 Å². The van der Waals surface area contributed by atoms with E-state index in [-0.39, 0.29) is 18.9 Å². The highest BCUT2D eigenvalue weighted by Gasteiger charge is 2.10. The van der Waals surface area contributed by atoms with E-state index in [1.165, 1.54) is 0 Å². The molecule has 136 valence electrons. The summed E-state index contributed by atoms with van der Waals surface area (Å²) in [7, 11) is 0. The van der Waals surface area contributed by atoms with E-state index >= 15 is 0 Å². The first kappa shape index (κ1) is 18.4. The molecule has 0 aromatic heterocycles. The Bertz CT molecular complexity index is 918. The van der Waals surface area contributed by atoms with Crippen molar-refractivity contribution in [2.24, 2.45) is 0 Å². The maximum absolute atomic E-state index is 12.0. The Morgan fingerprint density at radius 1 is 0.815 bits per heavy atom. The number of carbonyl (C=O) groups is 2. The van der Waals surface area contributed by atoms with Gasteiger partial charge in [-0.2, -0.15) is 0 Å². The second kappa shape index (κ2) is 8.81. The lowest BCUT2D eigenvalue weighted by atomic mass is 10.0. The van der Waals surface area contributed by atoms with Crippen molar-refractivity contribution in [3.05, 3.63) is 90.0 Å². The summed E-state index contributed by atoms with van der Waals surface area (Å²) >= 11 is 0. The van der Waals surface area contributed by atoms with Gasteiger partial charge in [-0.25, -0.2) is 0 Å². The molecule has 1 N–H and O–H groups in total. The summed E-state index contributed by atoms with van der Waals surface area (Å²) in [6, 6.07) is 25.2. The predicted molar refractivity (Wildman–Crippen MR) is 106 cm³/mol. The number of esters is 1. The van der Waals surface area contributed by atoms with Crippen LogP contribution in [0.25, 0.3) is 11.1 Å². The van der Waals surface area contributed by atoms with Gasteiger partial charge in [0.1, 0.15) is 0 Å². The van der Waals surface area contributed by atoms with E-state index in [0.717, 1.165) is 27.9 Å². The minimum atomic E-state index is -0.428. The lowest BCUT2D eigenvalue weighted by molar-refractivity contribution is -0.146. The quantitative estimate of drug-likeness (QED) is 0.664. The van der Waals surface area contributed by atoms with Gasteiger partial charge in [0.25, 0.3) is 5.91 Å². The highest BCUT2D eigenvalue weighted by molar-refractivity contribution is 5.93. The molecular weight excluding hydrogens is 338 g/mol. The third-order valence-corrected chi connectivity index (χ3v) is 4.19. The highest BCUT2D eigenvalue weighted by Crippen LogP contribution is 2.19. The Balaban J connectivity index is 1.49. The van der Waals surface area contributed by atoms with Gasteiger partial charge in [0.15, 0.2) is 6.61 Å². The Hall–Kier alpha value is -3.40. The van der Waals surface area contributed by atoms with Crippen molar-refractivity contribution >= 4 is 17.6 Å². The van der Waals surface area contributed by atoms with Crippen LogP contribution in [0.5, 0.6) is 0 Å². The number of para-hydroxylation sites is 1. The molecule has 0 aliphatic carbocycles. The van der Waals surface area contributed by atoms with Crippen LogP contribution < -0.4 is 5.32 Å². The third-order valence-electron chi connectivity index (χ3n) is 4.19. The van der Waals surface area contributed by atoms with E-state index in [9.17, 15) is 9.59 Å². The van der Waals surface area contributed by atoms with Crippen LogP contribution in [0.4, 0.5) is 5.69 Å². The molecule has 0 saturated heterocycles. The van der Waals surface area contributed by atoms with Gasteiger partial charge in [-0.1, -0.05) is 72.8 Å². The zero-order valence-electron chi connectivity index (χ0n) is 15.1. The maximum atomic E-state index is 12.0. The fourth-order valence-electron chi connectivity index (χ4n) is 2.71. The number of ether oxygens (including phenoxy) is 1. The van der Waals surface area contributed by atoms with Crippen LogP contribution >= 0.6 is 0 Å². The number of aryl methyl sites for hydroxylation is 1. The largest absolute Gasteiger partial charge is 0.455 e. The van der Waals surface area contributed by atoms with Crippen molar-refractivity contribution in [1.29, 1.82) is 0 Å². The minimum absolute atomic E-state index is 0.132. The summed E-state index contributed by atoms with van der Waals surface area (Å²) in [6.45, 7) is 1.61. The number of anilines is 1. The lowest BCUT2D eigenvalue weighted by Crippen LogP contribution is -2.22. The van der Waals surface area contributed by atoms with E-state index in [4.69, 9.17) is 4.74 Å². The normalized spacial score (nSPS) is 10.3. The molecule has 0 aliphatic rings. The molecule has 0 radical (unpaired) electrons. The summed E-state index contributed by atoms with van der Waals surface area (Å²) in [5, 5.41) is 2.74. The lowest BCUT2D eigenvalue weighted by Gasteiger charge is -2.09. The molecule has 3 rings (SSSR count). The maximum Gasteiger partial charge on any atom is 0.310 e. The van der Waals surface area contributed by atoms with Gasteiger partial charge in [0.05, 0.1) is 6.42 Å². The predicted octanol–water partition coefficient (Wildman–Crippen LogP) is 4.39. The average molecular weight is 359 g/mol. The van der Waals surface area contributed by atoms with Gasteiger partial charge in [-0.05, 0) is 35.2 Å². The molecule has 0 unspecified atom stereocenters. The van der Waals surface area contributed by atoms with Crippen molar-refractivity contribution in [1.82, 2.24) is 0 Å². The number of benzene rings is 3. The molecule has 0 heterocycles. The molecule has 3 aromatic rings. The number of amides is 1. The topological polar surface area (TPSA) is 55.4 Å². The summed E-state index contributed by atoms with van der Waals surface area (Å²) in [6.07, 6.45) is 0.132. The van der Waals surface area contributed by atoms with E-state index in [2.05, 4.69) is 5.32 Å². The highest BCUT2D eigenvalue weighted by atomic mass is 16.5. The number of rotatable bonds is 6. The Labute approximate surface area is 158 Å². The molecular formula is C23H21NO3. The van der Waals surface area contributed by atoms with Gasteiger partial charge >= 0.3 is 5.97 Å². The fraction of sp³-hybridized carbons (Fsp3) is 0.130. The number of hydrogen-bond acceptors (Lipinski definition) is 3. The molecule has 0 fully saturated rings. The first-order chi connectivity index (χ1) is 13.1. The smallest absolute Gasteiger partial charge is 0.310 e. The molecule has 0 atom stereocenters. The second-order valence-electron chi connectivity index (χ2n) is 6.26. The van der Waals surface area contributed by atoms with Crippen LogP contribution in [-0.4, -0.2) is 18.5 Å². The number of nitrogens with one attached hydrogen (secondary N) is 1. The van der Waals surface area contributed by atoms with Crippen molar-refractivity contribution in [2.45, 2.75) is 13.3 Å². The van der Waals surface area contributed by atoms with Crippen molar-refractivity contribution in [3.63, 3.8) is 0 Å². The summed E-state index contributed by atoms with van der Waals surface area (Å²) < 4.78 is 5.08. The third kappa shape index (κ3) is 5.28. The summed E-state index contributed by atoms with van der Waals surface area (Å²) in [4.78, 5) is 23.9. The number of hydrogen-bond donors (Lipinski definition) is 1. The molecule has 4 nitrogen and oxygen atoms in total. The first-order valence-electron chi connectivity index (χ1n) is 8.77. The molecule has 1 amide bonds. The second-order valence-corrected chi connectivity index (χ2v) is 6.26. The Morgan fingerprint density at radius 3 is 2.15 bits per heavy atom. The Morgan fingerprint density at radius 2 is 1.44 bits per heavy atom. The molecule has 0 saturated carbocycles. The van der Waals surface area contributed by atoms with Gasteiger partial charge in [-0.15, -0.1) is 0 Å². The molecule has 0 bridgehead atoms. The summed E-state index contributed by atoms with van der Waals surface area (Å²) in [5.41, 5.74) is 4.73. The van der Waals surface area contributed by atoms with E-state index in [0.29, 0.717) is 0 Å².